The number of allylic oxidation sites excluding steroid dienone is 1. The van der Waals surface area contributed by atoms with E-state index >= 15 is 0 Å². The van der Waals surface area contributed by atoms with Crippen LogP contribution in [-0.2, 0) is 22.4 Å². The molecule has 50 heavy (non-hydrogen) atoms. The van der Waals surface area contributed by atoms with Crippen molar-refractivity contribution in [2.45, 2.75) is 102 Å². The molecule has 2 aromatic rings. The molecule has 1 saturated carbocycles. The minimum absolute atomic E-state index is 0.00781. The van der Waals surface area contributed by atoms with Crippen LogP contribution in [0.2, 0.25) is 0 Å². The third-order valence-electron chi connectivity index (χ3n) is 9.74. The van der Waals surface area contributed by atoms with E-state index in [1.807, 2.05) is 0 Å². The number of alkyl halides is 6. The van der Waals surface area contributed by atoms with Crippen LogP contribution in [-0.4, -0.2) is 54.2 Å². The lowest BCUT2D eigenvalue weighted by molar-refractivity contribution is -0.376. The number of aryl methyl sites for hydroxylation is 1. The lowest BCUT2D eigenvalue weighted by Gasteiger charge is -2.33. The zero-order valence-corrected chi connectivity index (χ0v) is 28.0. The van der Waals surface area contributed by atoms with E-state index in [-0.39, 0.29) is 55.6 Å². The molecule has 1 atom stereocenters. The zero-order chi connectivity index (χ0) is 36.3. The van der Waals surface area contributed by atoms with E-state index in [0.29, 0.717) is 42.4 Å². The number of carbonyl (C=O) groups excluding carboxylic acids is 2. The number of rotatable bonds is 13. The van der Waals surface area contributed by atoms with Gasteiger partial charge >= 0.3 is 18.4 Å². The van der Waals surface area contributed by atoms with Gasteiger partial charge in [0.2, 0.25) is 6.79 Å². The van der Waals surface area contributed by atoms with Crippen LogP contribution in [0.3, 0.4) is 0 Å². The maximum atomic E-state index is 13.9. The van der Waals surface area contributed by atoms with Gasteiger partial charge in [0, 0.05) is 17.7 Å². The van der Waals surface area contributed by atoms with Crippen LogP contribution in [0, 0.1) is 5.92 Å². The first-order valence-electron chi connectivity index (χ1n) is 17.0. The Hall–Kier alpha value is -3.94. The molecule has 0 bridgehead atoms. The molecule has 14 heteroatoms. The van der Waals surface area contributed by atoms with Gasteiger partial charge in [0.1, 0.15) is 11.3 Å². The lowest BCUT2D eigenvalue weighted by Crippen LogP contribution is -2.54. The average molecular weight is 713 g/mol. The number of nitrogens with one attached hydrogen (secondary N) is 1. The van der Waals surface area contributed by atoms with Crippen LogP contribution in [0.1, 0.15) is 93.9 Å². The molecule has 1 unspecified atom stereocenters. The Morgan fingerprint density at radius 3 is 2.34 bits per heavy atom. The number of urea groups is 1. The van der Waals surface area contributed by atoms with Crippen LogP contribution in [0.5, 0.6) is 17.2 Å². The second-order valence-electron chi connectivity index (χ2n) is 13.0. The molecule has 2 N–H and O–H groups in total. The average Bonchev–Trinajstić information content (AvgIpc) is 3.64. The maximum Gasteiger partial charge on any atom is 0.430 e. The molecule has 3 aliphatic rings. The summed E-state index contributed by atoms with van der Waals surface area (Å²) < 4.78 is 100. The smallest absolute Gasteiger partial charge is 0.430 e. The molecule has 5 rings (SSSR count). The summed E-state index contributed by atoms with van der Waals surface area (Å²) in [6.07, 6.45) is -2.69. The number of fused-ring (bicyclic) bond motifs is 1. The standard InChI is InChI=1S/C36H42F6N2O6/c1-3-10-24-19-27(34(47,35(37,38)39)36(40,41)42)20-25(14-13-23-11-6-5-7-12-23)30(24)48-18-9-8-17-44-31(45)33(4-2,43-32(44)46)26-15-16-28-29(21-26)50-22-49-28/h13-16,19-21,23,47H,3-12,17-18,22H2,1-2H3,(H,43,46)/b14-13+. The number of unbranched alkanes of at least 4 members (excludes halogenated alkanes) is 1. The van der Waals surface area contributed by atoms with Gasteiger partial charge in [-0.25, -0.2) is 4.79 Å². The quantitative estimate of drug-likeness (QED) is 0.123. The summed E-state index contributed by atoms with van der Waals surface area (Å²) in [7, 11) is 0. The zero-order valence-electron chi connectivity index (χ0n) is 28.0. The van der Waals surface area contributed by atoms with Crippen LogP contribution in [0.25, 0.3) is 6.08 Å². The molecule has 2 heterocycles. The number of hydrogen-bond donors (Lipinski definition) is 2. The first kappa shape index (κ1) is 37.3. The fourth-order valence-electron chi connectivity index (χ4n) is 6.91. The number of aliphatic hydroxyl groups is 1. The summed E-state index contributed by atoms with van der Waals surface area (Å²) in [5.74, 6) is 0.822. The fraction of sp³-hybridized carbons (Fsp3) is 0.556. The second kappa shape index (κ2) is 14.7. The normalized spacial score (nSPS) is 20.2. The van der Waals surface area contributed by atoms with Crippen LogP contribution >= 0.6 is 0 Å². The Bertz CT molecular complexity index is 1570. The van der Waals surface area contributed by atoms with Gasteiger partial charge in [-0.15, -0.1) is 0 Å². The Balaban J connectivity index is 1.34. The molecule has 0 radical (unpaired) electrons. The minimum Gasteiger partial charge on any atom is -0.493 e. The number of amides is 3. The molecule has 274 valence electrons. The molecule has 1 saturated heterocycles. The fourth-order valence-corrected chi connectivity index (χ4v) is 6.91. The number of nitrogens with zero attached hydrogens (tertiary/aromatic N) is 1. The van der Waals surface area contributed by atoms with Gasteiger partial charge in [0.25, 0.3) is 11.5 Å². The number of benzene rings is 2. The molecular formula is C36H42F6N2O6. The number of hydrogen-bond acceptors (Lipinski definition) is 6. The van der Waals surface area contributed by atoms with Gasteiger partial charge in [-0.05, 0) is 79.8 Å². The van der Waals surface area contributed by atoms with E-state index in [1.54, 1.807) is 38.1 Å². The van der Waals surface area contributed by atoms with E-state index in [0.717, 1.165) is 43.1 Å². The topological polar surface area (TPSA) is 97.3 Å². The van der Waals surface area contributed by atoms with Crippen molar-refractivity contribution < 1.29 is 55.2 Å². The van der Waals surface area contributed by atoms with Gasteiger partial charge in [-0.3, -0.25) is 9.69 Å². The molecule has 3 amide bonds. The summed E-state index contributed by atoms with van der Waals surface area (Å²) in [5, 5.41) is 13.1. The molecule has 0 spiro atoms. The highest BCUT2D eigenvalue weighted by atomic mass is 19.4. The van der Waals surface area contributed by atoms with Gasteiger partial charge < -0.3 is 24.6 Å². The third-order valence-corrected chi connectivity index (χ3v) is 9.74. The summed E-state index contributed by atoms with van der Waals surface area (Å²) >= 11 is 0. The van der Waals surface area contributed by atoms with Crippen molar-refractivity contribution in [3.8, 4) is 17.2 Å². The Morgan fingerprint density at radius 2 is 1.68 bits per heavy atom. The highest BCUT2D eigenvalue weighted by molar-refractivity contribution is 6.07. The van der Waals surface area contributed by atoms with Crippen LogP contribution in [0.15, 0.2) is 36.4 Å². The van der Waals surface area contributed by atoms with E-state index in [9.17, 15) is 41.0 Å². The van der Waals surface area contributed by atoms with Crippen molar-refractivity contribution in [3.63, 3.8) is 0 Å². The number of halogens is 6. The van der Waals surface area contributed by atoms with Gasteiger partial charge in [0.15, 0.2) is 11.5 Å². The summed E-state index contributed by atoms with van der Waals surface area (Å²) in [4.78, 5) is 27.7. The monoisotopic (exact) mass is 712 g/mol. The SMILES string of the molecule is CCCc1cc(C(O)(C(F)(F)F)C(F)(F)F)cc(/C=C/C2CCCCC2)c1OCCCCN1C(=O)NC(CC)(c2ccc3c(c2)OCO3)C1=O. The van der Waals surface area contributed by atoms with E-state index in [4.69, 9.17) is 14.2 Å². The van der Waals surface area contributed by atoms with Crippen LogP contribution in [0.4, 0.5) is 31.1 Å². The van der Waals surface area contributed by atoms with Crippen molar-refractivity contribution in [2.75, 3.05) is 19.9 Å². The Labute approximate surface area is 286 Å². The summed E-state index contributed by atoms with van der Waals surface area (Å²) in [5.41, 5.74) is -7.03. The third kappa shape index (κ3) is 7.13. The van der Waals surface area contributed by atoms with Gasteiger partial charge in [-0.1, -0.05) is 57.7 Å². The molecule has 8 nitrogen and oxygen atoms in total. The van der Waals surface area contributed by atoms with E-state index in [2.05, 4.69) is 5.32 Å². The Kier molecular flexibility index (Phi) is 11.0. The first-order valence-corrected chi connectivity index (χ1v) is 17.0. The van der Waals surface area contributed by atoms with Gasteiger partial charge in [0.05, 0.1) is 6.61 Å². The Morgan fingerprint density at radius 1 is 0.980 bits per heavy atom. The predicted molar refractivity (Wildman–Crippen MR) is 172 cm³/mol. The van der Waals surface area contributed by atoms with Crippen molar-refractivity contribution in [3.05, 3.63) is 58.7 Å². The van der Waals surface area contributed by atoms with E-state index < -0.39 is 41.0 Å². The molecule has 2 fully saturated rings. The highest BCUT2D eigenvalue weighted by Crippen LogP contribution is 2.51. The van der Waals surface area contributed by atoms with Crippen molar-refractivity contribution in [1.82, 2.24) is 10.2 Å². The van der Waals surface area contributed by atoms with Crippen molar-refractivity contribution in [2.24, 2.45) is 5.92 Å². The molecular weight excluding hydrogens is 670 g/mol. The highest BCUT2D eigenvalue weighted by Gasteiger charge is 2.71. The molecule has 1 aliphatic carbocycles. The predicted octanol–water partition coefficient (Wildman–Crippen LogP) is 8.29. The summed E-state index contributed by atoms with van der Waals surface area (Å²) in [6.45, 7) is 3.63. The number of ether oxygens (including phenoxy) is 3. The second-order valence-corrected chi connectivity index (χ2v) is 13.0. The minimum atomic E-state index is -6.03. The first-order chi connectivity index (χ1) is 23.7. The van der Waals surface area contributed by atoms with Crippen molar-refractivity contribution >= 4 is 18.0 Å². The molecule has 0 aromatic heterocycles. The maximum absolute atomic E-state index is 13.9. The molecule has 2 aliphatic heterocycles. The van der Waals surface area contributed by atoms with Crippen LogP contribution < -0.4 is 19.5 Å². The lowest BCUT2D eigenvalue weighted by atomic mass is 9.86. The number of carbonyl (C=O) groups is 2. The van der Waals surface area contributed by atoms with Crippen molar-refractivity contribution in [1.29, 1.82) is 0 Å². The van der Waals surface area contributed by atoms with Gasteiger partial charge in [-0.2, -0.15) is 26.3 Å². The van der Waals surface area contributed by atoms with E-state index in [1.165, 1.54) is 6.08 Å². The summed E-state index contributed by atoms with van der Waals surface area (Å²) in [6, 6.07) is 5.93. The number of imide groups is 1. The molecule has 2 aromatic carbocycles. The largest absolute Gasteiger partial charge is 0.493 e.